The highest BCUT2D eigenvalue weighted by molar-refractivity contribution is 7.98. The highest BCUT2D eigenvalue weighted by Crippen LogP contribution is 2.36. The number of nitrogens with zero attached hydrogens (tertiary/aromatic N) is 2. The van der Waals surface area contributed by atoms with Gasteiger partial charge in [0.25, 0.3) is 0 Å². The molecule has 26 heavy (non-hydrogen) atoms. The van der Waals surface area contributed by atoms with Crippen LogP contribution in [0.4, 0.5) is 5.82 Å². The van der Waals surface area contributed by atoms with Crippen molar-refractivity contribution in [2.24, 2.45) is 0 Å². The second-order valence-corrected chi connectivity index (χ2v) is 7.29. The van der Waals surface area contributed by atoms with E-state index in [1.807, 2.05) is 6.92 Å². The molecule has 2 amide bonds. The van der Waals surface area contributed by atoms with E-state index in [9.17, 15) is 14.7 Å². The Morgan fingerprint density at radius 2 is 2.04 bits per heavy atom. The monoisotopic (exact) mass is 394 g/mol. The van der Waals surface area contributed by atoms with Crippen LogP contribution in [0.1, 0.15) is 24.6 Å². The molecule has 1 aliphatic heterocycles. The van der Waals surface area contributed by atoms with Crippen molar-refractivity contribution >= 4 is 41.0 Å². The maximum atomic E-state index is 12.3. The number of aliphatic hydroxyl groups is 1. The van der Waals surface area contributed by atoms with Gasteiger partial charge in [-0.3, -0.25) is 9.59 Å². The van der Waals surface area contributed by atoms with E-state index in [2.05, 4.69) is 15.7 Å². The lowest BCUT2D eigenvalue weighted by Gasteiger charge is -2.14. The largest absolute Gasteiger partial charge is 0.394 e. The van der Waals surface area contributed by atoms with Crippen LogP contribution in [0.5, 0.6) is 0 Å². The van der Waals surface area contributed by atoms with Crippen LogP contribution in [0.15, 0.2) is 24.3 Å². The molecule has 1 aromatic heterocycles. The highest BCUT2D eigenvalue weighted by Gasteiger charge is 2.27. The first-order valence-electron chi connectivity index (χ1n) is 8.20. The standard InChI is InChI=1S/C17H19ClN4O3S/c1-2-11(7-23)19-16(24)17(25)20-15-13-8-26-9-14(13)21-22(15)12-5-3-10(18)4-6-12/h3-6,11,23H,2,7-9H2,1H3,(H,19,24)(H,20,25). The Balaban J connectivity index is 1.86. The van der Waals surface area contributed by atoms with Crippen LogP contribution in [0.3, 0.4) is 0 Å². The number of thioether (sulfide) groups is 1. The molecule has 3 rings (SSSR count). The van der Waals surface area contributed by atoms with Crippen LogP contribution in [0.25, 0.3) is 5.69 Å². The summed E-state index contributed by atoms with van der Waals surface area (Å²) >= 11 is 7.64. The maximum Gasteiger partial charge on any atom is 0.314 e. The van der Waals surface area contributed by atoms with Gasteiger partial charge in [-0.1, -0.05) is 18.5 Å². The molecule has 7 nitrogen and oxygen atoms in total. The van der Waals surface area contributed by atoms with Crippen LogP contribution in [-0.4, -0.2) is 39.4 Å². The number of aliphatic hydroxyl groups excluding tert-OH is 1. The third-order valence-corrected chi connectivity index (χ3v) is 5.33. The normalized spacial score (nSPS) is 14.0. The quantitative estimate of drug-likeness (QED) is 0.675. The van der Waals surface area contributed by atoms with Crippen LogP contribution in [-0.2, 0) is 21.1 Å². The number of fused-ring (bicyclic) bond motifs is 1. The third-order valence-electron chi connectivity index (χ3n) is 4.11. The highest BCUT2D eigenvalue weighted by atomic mass is 35.5. The van der Waals surface area contributed by atoms with E-state index in [-0.39, 0.29) is 6.61 Å². The lowest BCUT2D eigenvalue weighted by molar-refractivity contribution is -0.136. The summed E-state index contributed by atoms with van der Waals surface area (Å²) in [4.78, 5) is 24.4. The molecular formula is C17H19ClN4O3S. The van der Waals surface area contributed by atoms with Crippen molar-refractivity contribution in [2.75, 3.05) is 11.9 Å². The minimum absolute atomic E-state index is 0.218. The molecule has 3 N–H and O–H groups in total. The SMILES string of the molecule is CCC(CO)NC(=O)C(=O)Nc1c2c(nn1-c1ccc(Cl)cc1)CSC2. The average Bonchev–Trinajstić information content (AvgIpc) is 3.22. The van der Waals surface area contributed by atoms with E-state index in [1.54, 1.807) is 40.7 Å². The Morgan fingerprint density at radius 1 is 1.31 bits per heavy atom. The molecule has 0 saturated heterocycles. The molecule has 0 radical (unpaired) electrons. The number of aromatic nitrogens is 2. The topological polar surface area (TPSA) is 96.2 Å². The van der Waals surface area contributed by atoms with Crippen LogP contribution < -0.4 is 10.6 Å². The lowest BCUT2D eigenvalue weighted by atomic mass is 10.2. The number of amides is 2. The predicted octanol–water partition coefficient (Wildman–Crippen LogP) is 2.10. The van der Waals surface area contributed by atoms with Crippen molar-refractivity contribution in [1.82, 2.24) is 15.1 Å². The van der Waals surface area contributed by atoms with Gasteiger partial charge in [-0.15, -0.1) is 0 Å². The van der Waals surface area contributed by atoms with Crippen molar-refractivity contribution in [3.63, 3.8) is 0 Å². The Labute approximate surface area is 160 Å². The number of carbonyl (C=O) groups excluding carboxylic acids is 2. The van der Waals surface area contributed by atoms with Gasteiger partial charge in [-0.25, -0.2) is 4.68 Å². The summed E-state index contributed by atoms with van der Waals surface area (Å²) in [6.07, 6.45) is 0.532. The van der Waals surface area contributed by atoms with Gasteiger partial charge in [0.2, 0.25) is 0 Å². The second kappa shape index (κ2) is 8.11. The van der Waals surface area contributed by atoms with Gasteiger partial charge in [-0.2, -0.15) is 16.9 Å². The van der Waals surface area contributed by atoms with E-state index in [1.165, 1.54) is 0 Å². The molecule has 2 aromatic rings. The van der Waals surface area contributed by atoms with Crippen molar-refractivity contribution in [1.29, 1.82) is 0 Å². The number of rotatable bonds is 5. The van der Waals surface area contributed by atoms with E-state index in [0.29, 0.717) is 23.0 Å². The molecule has 0 aliphatic carbocycles. The molecule has 0 fully saturated rings. The minimum Gasteiger partial charge on any atom is -0.394 e. The molecule has 1 unspecified atom stereocenters. The summed E-state index contributed by atoms with van der Waals surface area (Å²) in [5, 5.41) is 19.5. The fourth-order valence-electron chi connectivity index (χ4n) is 2.60. The summed E-state index contributed by atoms with van der Waals surface area (Å²) in [6.45, 7) is 1.60. The second-order valence-electron chi connectivity index (χ2n) is 5.87. The summed E-state index contributed by atoms with van der Waals surface area (Å²) in [7, 11) is 0. The predicted molar refractivity (Wildman–Crippen MR) is 102 cm³/mol. The van der Waals surface area contributed by atoms with E-state index < -0.39 is 17.9 Å². The molecule has 1 atom stereocenters. The first-order chi connectivity index (χ1) is 12.5. The molecule has 0 bridgehead atoms. The third kappa shape index (κ3) is 3.87. The number of hydrogen-bond donors (Lipinski definition) is 3. The molecule has 1 aliphatic rings. The Morgan fingerprint density at radius 3 is 2.69 bits per heavy atom. The number of halogens is 1. The van der Waals surface area contributed by atoms with Gasteiger partial charge in [-0.05, 0) is 30.7 Å². The summed E-state index contributed by atoms with van der Waals surface area (Å²) in [5.41, 5.74) is 2.55. The zero-order valence-electron chi connectivity index (χ0n) is 14.2. The number of hydrogen-bond acceptors (Lipinski definition) is 5. The van der Waals surface area contributed by atoms with Gasteiger partial charge < -0.3 is 15.7 Å². The summed E-state index contributed by atoms with van der Waals surface area (Å²) in [5.74, 6) is 0.396. The van der Waals surface area contributed by atoms with Crippen LogP contribution >= 0.6 is 23.4 Å². The molecule has 0 saturated carbocycles. The molecule has 9 heteroatoms. The maximum absolute atomic E-state index is 12.3. The van der Waals surface area contributed by atoms with Crippen molar-refractivity contribution in [2.45, 2.75) is 30.9 Å². The molecule has 2 heterocycles. The number of anilines is 1. The van der Waals surface area contributed by atoms with Gasteiger partial charge in [0.1, 0.15) is 5.82 Å². The van der Waals surface area contributed by atoms with Crippen LogP contribution in [0.2, 0.25) is 5.02 Å². The fourth-order valence-corrected chi connectivity index (χ4v) is 3.76. The number of nitrogens with one attached hydrogen (secondary N) is 2. The Hall–Kier alpha value is -2.03. The summed E-state index contributed by atoms with van der Waals surface area (Å²) in [6, 6.07) is 6.63. The Bertz CT molecular complexity index is 818. The average molecular weight is 395 g/mol. The Kier molecular flexibility index (Phi) is 5.85. The lowest BCUT2D eigenvalue weighted by Crippen LogP contribution is -2.43. The summed E-state index contributed by atoms with van der Waals surface area (Å²) < 4.78 is 1.62. The molecule has 138 valence electrons. The zero-order chi connectivity index (χ0) is 18.7. The van der Waals surface area contributed by atoms with E-state index >= 15 is 0 Å². The van der Waals surface area contributed by atoms with Gasteiger partial charge in [0, 0.05) is 22.1 Å². The number of benzene rings is 1. The first kappa shape index (κ1) is 18.8. The molecule has 1 aromatic carbocycles. The van der Waals surface area contributed by atoms with Gasteiger partial charge in [0.15, 0.2) is 0 Å². The van der Waals surface area contributed by atoms with E-state index in [4.69, 9.17) is 11.6 Å². The van der Waals surface area contributed by atoms with Crippen molar-refractivity contribution in [3.05, 3.63) is 40.5 Å². The fraction of sp³-hybridized carbons (Fsp3) is 0.353. The molecule has 0 spiro atoms. The minimum atomic E-state index is -0.785. The first-order valence-corrected chi connectivity index (χ1v) is 9.74. The van der Waals surface area contributed by atoms with Crippen molar-refractivity contribution < 1.29 is 14.7 Å². The molecular weight excluding hydrogens is 376 g/mol. The number of carbonyl (C=O) groups is 2. The van der Waals surface area contributed by atoms with Crippen molar-refractivity contribution in [3.8, 4) is 5.69 Å². The smallest absolute Gasteiger partial charge is 0.314 e. The van der Waals surface area contributed by atoms with Gasteiger partial charge >= 0.3 is 11.8 Å². The van der Waals surface area contributed by atoms with Crippen LogP contribution in [0, 0.1) is 0 Å². The van der Waals surface area contributed by atoms with E-state index in [0.717, 1.165) is 22.7 Å². The van der Waals surface area contributed by atoms with Gasteiger partial charge in [0.05, 0.1) is 24.0 Å². The zero-order valence-corrected chi connectivity index (χ0v) is 15.7.